The van der Waals surface area contributed by atoms with Gasteiger partial charge in [-0.15, -0.1) is 0 Å². The van der Waals surface area contributed by atoms with E-state index >= 15 is 0 Å². The molecule has 1 saturated carbocycles. The third kappa shape index (κ3) is 5.47. The van der Waals surface area contributed by atoms with E-state index in [0.717, 1.165) is 17.8 Å². The summed E-state index contributed by atoms with van der Waals surface area (Å²) < 4.78 is 0. The molecule has 1 N–H and O–H groups in total. The number of nitrogens with one attached hydrogen (secondary N) is 1. The van der Waals surface area contributed by atoms with Crippen molar-refractivity contribution in [3.05, 3.63) is 35.9 Å². The zero-order valence-electron chi connectivity index (χ0n) is 14.4. The fourth-order valence-electron chi connectivity index (χ4n) is 3.67. The van der Waals surface area contributed by atoms with Gasteiger partial charge in [-0.3, -0.25) is 0 Å². The molecule has 0 saturated heterocycles. The Hall–Kier alpha value is -0.820. The van der Waals surface area contributed by atoms with Gasteiger partial charge in [-0.2, -0.15) is 0 Å². The molecule has 0 spiro atoms. The molecule has 2 rings (SSSR count). The van der Waals surface area contributed by atoms with Gasteiger partial charge in [0.2, 0.25) is 0 Å². The van der Waals surface area contributed by atoms with Gasteiger partial charge in [0, 0.05) is 5.54 Å². The molecule has 0 aliphatic heterocycles. The van der Waals surface area contributed by atoms with Gasteiger partial charge in [0.25, 0.3) is 0 Å². The summed E-state index contributed by atoms with van der Waals surface area (Å²) in [4.78, 5) is 0. The highest BCUT2D eigenvalue weighted by Gasteiger charge is 2.30. The zero-order valence-corrected chi connectivity index (χ0v) is 14.4. The van der Waals surface area contributed by atoms with Crippen molar-refractivity contribution in [1.29, 1.82) is 0 Å². The lowest BCUT2D eigenvalue weighted by atomic mass is 9.71. The maximum absolute atomic E-state index is 3.74. The van der Waals surface area contributed by atoms with Crippen molar-refractivity contribution in [1.82, 2.24) is 5.32 Å². The van der Waals surface area contributed by atoms with Gasteiger partial charge in [-0.05, 0) is 69.9 Å². The summed E-state index contributed by atoms with van der Waals surface area (Å²) >= 11 is 0. The Bertz CT molecular complexity index is 404. The first-order chi connectivity index (χ1) is 9.98. The summed E-state index contributed by atoms with van der Waals surface area (Å²) in [5, 5.41) is 3.74. The molecule has 0 heterocycles. The van der Waals surface area contributed by atoms with Gasteiger partial charge >= 0.3 is 0 Å². The van der Waals surface area contributed by atoms with Crippen LogP contribution in [0.2, 0.25) is 0 Å². The molecular formula is C20H33N. The second kappa shape index (κ2) is 7.45. The fourth-order valence-corrected chi connectivity index (χ4v) is 3.67. The van der Waals surface area contributed by atoms with Crippen molar-refractivity contribution in [2.45, 2.75) is 65.3 Å². The quantitative estimate of drug-likeness (QED) is 0.798. The normalized spacial score (nSPS) is 26.8. The molecule has 0 amide bonds. The topological polar surface area (TPSA) is 12.0 Å². The summed E-state index contributed by atoms with van der Waals surface area (Å²) in [5.74, 6) is 2.64. The predicted octanol–water partition coefficient (Wildman–Crippen LogP) is 5.06. The standard InChI is InChI=1S/C20H33N/c1-5-16-11-12-18(15-21-20(2,3)4)19(13-16)14-17-9-7-6-8-10-17/h6-10,16,18-19,21H,5,11-15H2,1-4H3. The Morgan fingerprint density at radius 3 is 2.38 bits per heavy atom. The zero-order chi connectivity index (χ0) is 15.3. The van der Waals surface area contributed by atoms with Crippen LogP contribution in [0.4, 0.5) is 0 Å². The Balaban J connectivity index is 1.99. The second-order valence-corrected chi connectivity index (χ2v) is 7.93. The summed E-state index contributed by atoms with van der Waals surface area (Å²) in [6.45, 7) is 10.4. The summed E-state index contributed by atoms with van der Waals surface area (Å²) in [6.07, 6.45) is 6.86. The van der Waals surface area contributed by atoms with Crippen molar-refractivity contribution >= 4 is 0 Å². The number of benzene rings is 1. The van der Waals surface area contributed by atoms with Gasteiger partial charge in [0.15, 0.2) is 0 Å². The average Bonchev–Trinajstić information content (AvgIpc) is 2.46. The molecule has 1 aromatic carbocycles. The molecule has 0 aromatic heterocycles. The average molecular weight is 287 g/mol. The van der Waals surface area contributed by atoms with E-state index in [0.29, 0.717) is 0 Å². The minimum atomic E-state index is 0.235. The van der Waals surface area contributed by atoms with Crippen molar-refractivity contribution in [3.63, 3.8) is 0 Å². The minimum Gasteiger partial charge on any atom is -0.312 e. The van der Waals surface area contributed by atoms with Crippen LogP contribution in [0.3, 0.4) is 0 Å². The first-order valence-electron chi connectivity index (χ1n) is 8.77. The largest absolute Gasteiger partial charge is 0.312 e. The Kier molecular flexibility index (Phi) is 5.87. The first-order valence-corrected chi connectivity index (χ1v) is 8.77. The highest BCUT2D eigenvalue weighted by atomic mass is 14.9. The molecule has 21 heavy (non-hydrogen) atoms. The Morgan fingerprint density at radius 1 is 1.05 bits per heavy atom. The predicted molar refractivity (Wildman–Crippen MR) is 92.5 cm³/mol. The molecule has 1 aliphatic carbocycles. The Labute approximate surface area is 131 Å². The fraction of sp³-hybridized carbons (Fsp3) is 0.700. The molecule has 0 bridgehead atoms. The molecule has 1 heteroatoms. The van der Waals surface area contributed by atoms with E-state index < -0.39 is 0 Å². The van der Waals surface area contributed by atoms with Gasteiger partial charge < -0.3 is 5.32 Å². The molecular weight excluding hydrogens is 254 g/mol. The van der Waals surface area contributed by atoms with Gasteiger partial charge in [-0.25, -0.2) is 0 Å². The van der Waals surface area contributed by atoms with E-state index in [2.05, 4.69) is 63.3 Å². The van der Waals surface area contributed by atoms with Crippen LogP contribution < -0.4 is 5.32 Å². The van der Waals surface area contributed by atoms with Crippen molar-refractivity contribution in [2.24, 2.45) is 17.8 Å². The molecule has 3 atom stereocenters. The highest BCUT2D eigenvalue weighted by Crippen LogP contribution is 2.37. The van der Waals surface area contributed by atoms with E-state index in [-0.39, 0.29) is 5.54 Å². The van der Waals surface area contributed by atoms with E-state index in [1.54, 1.807) is 0 Å². The number of hydrogen-bond acceptors (Lipinski definition) is 1. The Morgan fingerprint density at radius 2 is 1.76 bits per heavy atom. The van der Waals surface area contributed by atoms with Crippen LogP contribution in [0.15, 0.2) is 30.3 Å². The first kappa shape index (κ1) is 16.5. The third-order valence-corrected chi connectivity index (χ3v) is 5.06. The lowest BCUT2D eigenvalue weighted by Crippen LogP contribution is -2.42. The molecule has 118 valence electrons. The lowest BCUT2D eigenvalue weighted by molar-refractivity contribution is 0.163. The summed E-state index contributed by atoms with van der Waals surface area (Å²) in [5.41, 5.74) is 1.75. The van der Waals surface area contributed by atoms with Crippen LogP contribution in [0.25, 0.3) is 0 Å². The van der Waals surface area contributed by atoms with E-state index in [1.807, 2.05) is 0 Å². The van der Waals surface area contributed by atoms with Crippen molar-refractivity contribution < 1.29 is 0 Å². The third-order valence-electron chi connectivity index (χ3n) is 5.06. The van der Waals surface area contributed by atoms with Crippen molar-refractivity contribution in [3.8, 4) is 0 Å². The smallest absolute Gasteiger partial charge is 0.00966 e. The molecule has 0 radical (unpaired) electrons. The minimum absolute atomic E-state index is 0.235. The maximum atomic E-state index is 3.74. The summed E-state index contributed by atoms with van der Waals surface area (Å²) in [7, 11) is 0. The van der Waals surface area contributed by atoms with Crippen LogP contribution in [0.1, 0.15) is 58.9 Å². The molecule has 3 unspecified atom stereocenters. The maximum Gasteiger partial charge on any atom is 0.00966 e. The van der Waals surface area contributed by atoms with E-state index in [9.17, 15) is 0 Å². The second-order valence-electron chi connectivity index (χ2n) is 7.93. The molecule has 1 aliphatic rings. The van der Waals surface area contributed by atoms with Crippen LogP contribution in [-0.2, 0) is 6.42 Å². The van der Waals surface area contributed by atoms with Crippen LogP contribution in [-0.4, -0.2) is 12.1 Å². The SMILES string of the molecule is CCC1CCC(CNC(C)(C)C)C(Cc2ccccc2)C1. The summed E-state index contributed by atoms with van der Waals surface area (Å²) in [6, 6.07) is 11.1. The van der Waals surface area contributed by atoms with E-state index in [1.165, 1.54) is 44.2 Å². The molecule has 1 aromatic rings. The highest BCUT2D eigenvalue weighted by molar-refractivity contribution is 5.15. The van der Waals surface area contributed by atoms with Gasteiger partial charge in [-0.1, -0.05) is 50.1 Å². The number of rotatable bonds is 5. The van der Waals surface area contributed by atoms with Crippen LogP contribution >= 0.6 is 0 Å². The van der Waals surface area contributed by atoms with Crippen LogP contribution in [0.5, 0.6) is 0 Å². The van der Waals surface area contributed by atoms with E-state index in [4.69, 9.17) is 0 Å². The monoisotopic (exact) mass is 287 g/mol. The lowest BCUT2D eigenvalue weighted by Gasteiger charge is -2.38. The molecule has 1 fully saturated rings. The number of hydrogen-bond donors (Lipinski definition) is 1. The van der Waals surface area contributed by atoms with Crippen LogP contribution in [0, 0.1) is 17.8 Å². The van der Waals surface area contributed by atoms with Gasteiger partial charge in [0.05, 0.1) is 0 Å². The van der Waals surface area contributed by atoms with Crippen molar-refractivity contribution in [2.75, 3.05) is 6.54 Å². The van der Waals surface area contributed by atoms with Gasteiger partial charge in [0.1, 0.15) is 0 Å². The molecule has 1 nitrogen and oxygen atoms in total.